The zero-order valence-electron chi connectivity index (χ0n) is 18.0. The van der Waals surface area contributed by atoms with Crippen molar-refractivity contribution in [3.63, 3.8) is 0 Å². The fourth-order valence-corrected chi connectivity index (χ4v) is 4.82. The van der Waals surface area contributed by atoms with E-state index in [1.807, 2.05) is 31.2 Å². The number of aryl methyl sites for hydroxylation is 1. The second kappa shape index (κ2) is 9.70. The Morgan fingerprint density at radius 1 is 0.970 bits per heavy atom. The van der Waals surface area contributed by atoms with Crippen molar-refractivity contribution in [1.29, 1.82) is 0 Å². The van der Waals surface area contributed by atoms with Crippen LogP contribution in [0.5, 0.6) is 11.5 Å². The lowest BCUT2D eigenvalue weighted by molar-refractivity contribution is 0.0729. The van der Waals surface area contributed by atoms with Crippen LogP contribution < -0.4 is 10.1 Å². The Labute approximate surface area is 191 Å². The molecule has 3 aromatic rings. The molecule has 1 amide bonds. The summed E-state index contributed by atoms with van der Waals surface area (Å²) in [6.45, 7) is 2.74. The molecule has 3 aromatic carbocycles. The van der Waals surface area contributed by atoms with E-state index in [2.05, 4.69) is 5.32 Å². The third kappa shape index (κ3) is 5.39. The zero-order chi connectivity index (χ0) is 23.4. The van der Waals surface area contributed by atoms with Gasteiger partial charge in [-0.15, -0.1) is 0 Å². The van der Waals surface area contributed by atoms with Crippen LogP contribution in [0.3, 0.4) is 0 Å². The Kier molecular flexibility index (Phi) is 6.73. The van der Waals surface area contributed by atoms with Crippen molar-refractivity contribution in [2.75, 3.05) is 31.6 Å². The number of benzene rings is 3. The molecule has 0 bridgehead atoms. The van der Waals surface area contributed by atoms with Gasteiger partial charge in [-0.3, -0.25) is 4.79 Å². The highest BCUT2D eigenvalue weighted by Crippen LogP contribution is 2.25. The third-order valence-electron chi connectivity index (χ3n) is 5.15. The van der Waals surface area contributed by atoms with Crippen LogP contribution in [0.1, 0.15) is 15.9 Å². The maximum atomic E-state index is 14.4. The Bertz CT molecular complexity index is 1240. The van der Waals surface area contributed by atoms with Crippen LogP contribution in [0.15, 0.2) is 71.6 Å². The molecule has 4 rings (SSSR count). The van der Waals surface area contributed by atoms with Gasteiger partial charge < -0.3 is 14.8 Å². The fourth-order valence-electron chi connectivity index (χ4n) is 3.32. The summed E-state index contributed by atoms with van der Waals surface area (Å²) in [5.41, 5.74) is 1.64. The zero-order valence-corrected chi connectivity index (χ0v) is 18.8. The number of halogens is 1. The monoisotopic (exact) mass is 470 g/mol. The molecule has 1 aliphatic rings. The highest BCUT2D eigenvalue weighted by atomic mass is 32.2. The summed E-state index contributed by atoms with van der Waals surface area (Å²) >= 11 is 0. The molecule has 0 atom stereocenters. The maximum Gasteiger partial charge on any atom is 0.255 e. The van der Waals surface area contributed by atoms with Crippen LogP contribution in [0.2, 0.25) is 0 Å². The van der Waals surface area contributed by atoms with Gasteiger partial charge in [-0.25, -0.2) is 12.8 Å². The van der Waals surface area contributed by atoms with E-state index in [9.17, 15) is 17.6 Å². The SMILES string of the molecule is Cc1ccc(Oc2ccc(NC(=O)c3ccc(F)c(S(=O)(=O)N4CCOCC4)c3)cc2)cc1. The second-order valence-corrected chi connectivity index (χ2v) is 9.46. The van der Waals surface area contributed by atoms with Gasteiger partial charge in [0.15, 0.2) is 0 Å². The van der Waals surface area contributed by atoms with E-state index in [0.29, 0.717) is 17.2 Å². The van der Waals surface area contributed by atoms with Crippen molar-refractivity contribution in [2.24, 2.45) is 0 Å². The van der Waals surface area contributed by atoms with Gasteiger partial charge in [-0.05, 0) is 61.5 Å². The summed E-state index contributed by atoms with van der Waals surface area (Å²) in [7, 11) is -4.08. The maximum absolute atomic E-state index is 14.4. The summed E-state index contributed by atoms with van der Waals surface area (Å²) < 4.78 is 52.1. The van der Waals surface area contributed by atoms with Gasteiger partial charge >= 0.3 is 0 Å². The van der Waals surface area contributed by atoms with Crippen LogP contribution in [-0.4, -0.2) is 44.9 Å². The average Bonchev–Trinajstić information content (AvgIpc) is 2.82. The molecule has 1 aliphatic heterocycles. The normalized spacial score (nSPS) is 14.6. The molecule has 7 nitrogen and oxygen atoms in total. The molecule has 0 radical (unpaired) electrons. The average molecular weight is 471 g/mol. The largest absolute Gasteiger partial charge is 0.457 e. The summed E-state index contributed by atoms with van der Waals surface area (Å²) in [6, 6.07) is 17.6. The number of carbonyl (C=O) groups is 1. The molecule has 33 heavy (non-hydrogen) atoms. The van der Waals surface area contributed by atoms with Gasteiger partial charge in [0, 0.05) is 24.3 Å². The highest BCUT2D eigenvalue weighted by molar-refractivity contribution is 7.89. The fraction of sp³-hybridized carbons (Fsp3) is 0.208. The quantitative estimate of drug-likeness (QED) is 0.584. The standard InChI is InChI=1S/C24H23FN2O5S/c1-17-2-7-20(8-3-17)32-21-9-5-19(6-10-21)26-24(28)18-4-11-22(25)23(16-18)33(29,30)27-12-14-31-15-13-27/h2-11,16H,12-15H2,1H3,(H,26,28). The van der Waals surface area contributed by atoms with Crippen LogP contribution in [-0.2, 0) is 14.8 Å². The number of carbonyl (C=O) groups excluding carboxylic acids is 1. The van der Waals surface area contributed by atoms with Crippen LogP contribution in [0.25, 0.3) is 0 Å². The Hall–Kier alpha value is -3.27. The minimum atomic E-state index is -4.08. The number of anilines is 1. The first-order valence-corrected chi connectivity index (χ1v) is 11.8. The molecule has 0 aliphatic carbocycles. The van der Waals surface area contributed by atoms with Crippen molar-refractivity contribution >= 4 is 21.6 Å². The van der Waals surface area contributed by atoms with Crippen LogP contribution in [0, 0.1) is 12.7 Å². The molecule has 1 N–H and O–H groups in total. The lowest BCUT2D eigenvalue weighted by atomic mass is 10.2. The van der Waals surface area contributed by atoms with E-state index in [-0.39, 0.29) is 31.9 Å². The molecule has 9 heteroatoms. The summed E-state index contributed by atoms with van der Waals surface area (Å²) in [5.74, 6) is -0.175. The molecule has 0 aromatic heterocycles. The predicted molar refractivity (Wildman–Crippen MR) is 122 cm³/mol. The molecular weight excluding hydrogens is 447 g/mol. The molecular formula is C24H23FN2O5S. The number of hydrogen-bond donors (Lipinski definition) is 1. The van der Waals surface area contributed by atoms with E-state index in [1.165, 1.54) is 6.07 Å². The smallest absolute Gasteiger partial charge is 0.255 e. The molecule has 0 spiro atoms. The number of sulfonamides is 1. The number of ether oxygens (including phenoxy) is 2. The van der Waals surface area contributed by atoms with Gasteiger partial charge in [0.1, 0.15) is 22.2 Å². The summed E-state index contributed by atoms with van der Waals surface area (Å²) in [4.78, 5) is 12.2. The summed E-state index contributed by atoms with van der Waals surface area (Å²) in [5, 5.41) is 2.69. The lowest BCUT2D eigenvalue weighted by Crippen LogP contribution is -2.41. The van der Waals surface area contributed by atoms with Gasteiger partial charge in [-0.1, -0.05) is 17.7 Å². The van der Waals surface area contributed by atoms with Gasteiger partial charge in [0.2, 0.25) is 10.0 Å². The van der Waals surface area contributed by atoms with Crippen molar-refractivity contribution in [3.8, 4) is 11.5 Å². The molecule has 172 valence electrons. The second-order valence-electron chi connectivity index (χ2n) is 7.56. The summed E-state index contributed by atoms with van der Waals surface area (Å²) in [6.07, 6.45) is 0. The first-order chi connectivity index (χ1) is 15.8. The number of nitrogens with one attached hydrogen (secondary N) is 1. The van der Waals surface area contributed by atoms with E-state index in [0.717, 1.165) is 22.0 Å². The Morgan fingerprint density at radius 3 is 2.21 bits per heavy atom. The number of rotatable bonds is 6. The van der Waals surface area contributed by atoms with Gasteiger partial charge in [0.05, 0.1) is 13.2 Å². The number of nitrogens with zero attached hydrogens (tertiary/aromatic N) is 1. The third-order valence-corrected chi connectivity index (χ3v) is 7.06. The molecule has 0 saturated carbocycles. The minimum absolute atomic E-state index is 0.0308. The molecule has 1 saturated heterocycles. The molecule has 1 heterocycles. The number of amides is 1. The first kappa shape index (κ1) is 22.9. The lowest BCUT2D eigenvalue weighted by Gasteiger charge is -2.26. The van der Waals surface area contributed by atoms with E-state index in [1.54, 1.807) is 24.3 Å². The van der Waals surface area contributed by atoms with Crippen molar-refractivity contribution < 1.29 is 27.1 Å². The number of hydrogen-bond acceptors (Lipinski definition) is 5. The number of morpholine rings is 1. The molecule has 0 unspecified atom stereocenters. The van der Waals surface area contributed by atoms with E-state index >= 15 is 0 Å². The molecule has 1 fully saturated rings. The van der Waals surface area contributed by atoms with Gasteiger partial charge in [0.25, 0.3) is 5.91 Å². The topological polar surface area (TPSA) is 84.9 Å². The van der Waals surface area contributed by atoms with E-state index in [4.69, 9.17) is 9.47 Å². The van der Waals surface area contributed by atoms with E-state index < -0.39 is 26.6 Å². The van der Waals surface area contributed by atoms with Crippen LogP contribution in [0.4, 0.5) is 10.1 Å². The minimum Gasteiger partial charge on any atom is -0.457 e. The van der Waals surface area contributed by atoms with Crippen LogP contribution >= 0.6 is 0 Å². The Balaban J connectivity index is 1.47. The predicted octanol–water partition coefficient (Wildman–Crippen LogP) is 4.20. The Morgan fingerprint density at radius 2 is 1.58 bits per heavy atom. The van der Waals surface area contributed by atoms with Crippen molar-refractivity contribution in [1.82, 2.24) is 4.31 Å². The highest BCUT2D eigenvalue weighted by Gasteiger charge is 2.29. The van der Waals surface area contributed by atoms with Crippen molar-refractivity contribution in [2.45, 2.75) is 11.8 Å². The van der Waals surface area contributed by atoms with Crippen molar-refractivity contribution in [3.05, 3.63) is 83.7 Å². The first-order valence-electron chi connectivity index (χ1n) is 10.4. The van der Waals surface area contributed by atoms with Gasteiger partial charge in [-0.2, -0.15) is 4.31 Å².